The molecule has 202 valence electrons. The molecule has 0 radical (unpaired) electrons. The van der Waals surface area contributed by atoms with Crippen LogP contribution in [0.3, 0.4) is 0 Å². The van der Waals surface area contributed by atoms with Gasteiger partial charge in [0.25, 0.3) is 11.8 Å². The summed E-state index contributed by atoms with van der Waals surface area (Å²) in [5.41, 5.74) is 6.61. The van der Waals surface area contributed by atoms with Gasteiger partial charge in [0.15, 0.2) is 0 Å². The minimum Gasteiger partial charge on any atom is -0.390 e. The number of hydrogen-bond donors (Lipinski definition) is 4. The van der Waals surface area contributed by atoms with Crippen LogP contribution < -0.4 is 11.1 Å². The van der Waals surface area contributed by atoms with Gasteiger partial charge < -0.3 is 26.2 Å². The maximum Gasteiger partial charge on any atom is 0.253 e. The molecule has 1 aromatic carbocycles. The third-order valence-corrected chi connectivity index (χ3v) is 6.59. The zero-order valence-corrected chi connectivity index (χ0v) is 22.5. The number of hydrogen-bond acceptors (Lipinski definition) is 7. The Labute approximate surface area is 222 Å². The Morgan fingerprint density at radius 1 is 1.03 bits per heavy atom. The Kier molecular flexibility index (Phi) is 12.5. The van der Waals surface area contributed by atoms with Gasteiger partial charge in [0.2, 0.25) is 5.91 Å². The smallest absolute Gasteiger partial charge is 0.253 e. The molecule has 0 saturated carbocycles. The first-order chi connectivity index (χ1) is 17.7. The topological polar surface area (TPSA) is 146 Å². The fraction of sp³-hybridized carbons (Fsp3) is 0.481. The first kappa shape index (κ1) is 30.3. The van der Waals surface area contributed by atoms with Crippen molar-refractivity contribution in [3.05, 3.63) is 65.0 Å². The molecule has 0 bridgehead atoms. The number of nitrogens with zero attached hydrogens (tertiary/aromatic N) is 2. The number of thioether (sulfide) groups is 1. The van der Waals surface area contributed by atoms with E-state index in [4.69, 9.17) is 5.73 Å². The second kappa shape index (κ2) is 15.3. The molecule has 3 amide bonds. The Balaban J connectivity index is 2.38. The number of carbonyl (C=O) groups is 3. The third-order valence-electron chi connectivity index (χ3n) is 5.95. The van der Waals surface area contributed by atoms with Gasteiger partial charge in [-0.3, -0.25) is 19.4 Å². The molecule has 3 unspecified atom stereocenters. The summed E-state index contributed by atoms with van der Waals surface area (Å²) in [6.07, 6.45) is 4.96. The summed E-state index contributed by atoms with van der Waals surface area (Å²) < 4.78 is 0. The number of pyridine rings is 1. The summed E-state index contributed by atoms with van der Waals surface area (Å²) in [5.74, 6) is -1.000. The van der Waals surface area contributed by atoms with Crippen molar-refractivity contribution in [1.29, 1.82) is 0 Å². The van der Waals surface area contributed by atoms with Crippen molar-refractivity contribution in [2.75, 3.05) is 25.1 Å². The lowest BCUT2D eigenvalue weighted by molar-refractivity contribution is -0.00406. The lowest BCUT2D eigenvalue weighted by Crippen LogP contribution is -2.50. The van der Waals surface area contributed by atoms with Crippen LogP contribution in [0.15, 0.2) is 42.7 Å². The quantitative estimate of drug-likeness (QED) is 0.276. The highest BCUT2D eigenvalue weighted by Gasteiger charge is 2.29. The summed E-state index contributed by atoms with van der Waals surface area (Å²) >= 11 is 1.55. The van der Waals surface area contributed by atoms with Crippen LogP contribution in [0.2, 0.25) is 0 Å². The van der Waals surface area contributed by atoms with Crippen LogP contribution in [0.4, 0.5) is 0 Å². The van der Waals surface area contributed by atoms with Gasteiger partial charge in [0, 0.05) is 42.2 Å². The fourth-order valence-corrected chi connectivity index (χ4v) is 4.50. The van der Waals surface area contributed by atoms with E-state index in [0.717, 1.165) is 18.4 Å². The minimum atomic E-state index is -1.24. The van der Waals surface area contributed by atoms with Gasteiger partial charge in [0.1, 0.15) is 6.10 Å². The van der Waals surface area contributed by atoms with Gasteiger partial charge in [-0.15, -0.1) is 0 Å². The molecule has 0 spiro atoms. The lowest BCUT2D eigenvalue weighted by atomic mass is 9.96. The molecule has 10 heteroatoms. The van der Waals surface area contributed by atoms with Gasteiger partial charge in [0.05, 0.1) is 12.1 Å². The molecule has 0 fully saturated rings. The molecular formula is C27H38N4O5S. The minimum absolute atomic E-state index is 0.0372. The molecule has 0 aliphatic rings. The Hall–Kier alpha value is -2.95. The molecule has 0 aliphatic carbocycles. The summed E-state index contributed by atoms with van der Waals surface area (Å²) in [7, 11) is 0. The van der Waals surface area contributed by atoms with Crippen LogP contribution in [-0.4, -0.2) is 81.2 Å². The van der Waals surface area contributed by atoms with E-state index >= 15 is 0 Å². The van der Waals surface area contributed by atoms with E-state index in [0.29, 0.717) is 25.3 Å². The number of aliphatic hydroxyl groups excluding tert-OH is 2. The average molecular weight is 531 g/mol. The van der Waals surface area contributed by atoms with Crippen LogP contribution in [0.1, 0.15) is 69.7 Å². The Morgan fingerprint density at radius 2 is 1.62 bits per heavy atom. The fourth-order valence-electron chi connectivity index (χ4n) is 4.02. The van der Waals surface area contributed by atoms with Crippen LogP contribution in [0, 0.1) is 0 Å². The SMILES string of the molecule is CCCN(CCC)C(=O)c1cc(C(N)=O)cc(C(=O)NC(Cc2ccncc2)C(O)C(O)CCSC)c1. The van der Waals surface area contributed by atoms with E-state index in [1.54, 1.807) is 41.2 Å². The third kappa shape index (κ3) is 9.14. The molecule has 9 nitrogen and oxygen atoms in total. The molecule has 5 N–H and O–H groups in total. The van der Waals surface area contributed by atoms with Crippen molar-refractivity contribution in [1.82, 2.24) is 15.2 Å². The zero-order chi connectivity index (χ0) is 27.4. The first-order valence-electron chi connectivity index (χ1n) is 12.5. The predicted octanol–water partition coefficient (Wildman–Crippen LogP) is 2.26. The van der Waals surface area contributed by atoms with Gasteiger partial charge in [-0.1, -0.05) is 13.8 Å². The number of carbonyl (C=O) groups excluding carboxylic acids is 3. The number of nitrogens with one attached hydrogen (secondary N) is 1. The molecule has 2 rings (SSSR count). The summed E-state index contributed by atoms with van der Waals surface area (Å²) in [6, 6.07) is 6.86. The van der Waals surface area contributed by atoms with E-state index in [2.05, 4.69) is 10.3 Å². The molecule has 2 aromatic rings. The van der Waals surface area contributed by atoms with Gasteiger partial charge >= 0.3 is 0 Å². The molecule has 0 saturated heterocycles. The van der Waals surface area contributed by atoms with E-state index in [-0.39, 0.29) is 29.0 Å². The van der Waals surface area contributed by atoms with Crippen molar-refractivity contribution >= 4 is 29.5 Å². The van der Waals surface area contributed by atoms with E-state index in [9.17, 15) is 24.6 Å². The van der Waals surface area contributed by atoms with Crippen LogP contribution in [-0.2, 0) is 6.42 Å². The number of rotatable bonds is 15. The normalized spacial score (nSPS) is 13.4. The zero-order valence-electron chi connectivity index (χ0n) is 21.7. The summed E-state index contributed by atoms with van der Waals surface area (Å²) in [4.78, 5) is 44.2. The lowest BCUT2D eigenvalue weighted by Gasteiger charge is -2.28. The maximum atomic E-state index is 13.4. The molecule has 1 heterocycles. The number of aromatic nitrogens is 1. The number of benzene rings is 1. The molecule has 37 heavy (non-hydrogen) atoms. The summed E-state index contributed by atoms with van der Waals surface area (Å²) in [5, 5.41) is 24.2. The van der Waals surface area contributed by atoms with Crippen molar-refractivity contribution in [3.8, 4) is 0 Å². The maximum absolute atomic E-state index is 13.4. The van der Waals surface area contributed by atoms with Crippen LogP contribution in [0.5, 0.6) is 0 Å². The van der Waals surface area contributed by atoms with E-state index in [1.807, 2.05) is 20.1 Å². The summed E-state index contributed by atoms with van der Waals surface area (Å²) in [6.45, 7) is 5.03. The highest BCUT2D eigenvalue weighted by Crippen LogP contribution is 2.17. The number of aliphatic hydroxyl groups is 2. The molecule has 3 atom stereocenters. The molecule has 1 aromatic heterocycles. The largest absolute Gasteiger partial charge is 0.390 e. The van der Waals surface area contributed by atoms with Gasteiger partial charge in [-0.2, -0.15) is 11.8 Å². The monoisotopic (exact) mass is 530 g/mol. The van der Waals surface area contributed by atoms with Crippen molar-refractivity contribution in [3.63, 3.8) is 0 Å². The van der Waals surface area contributed by atoms with E-state index < -0.39 is 30.1 Å². The number of primary amides is 1. The number of amides is 3. The predicted molar refractivity (Wildman–Crippen MR) is 146 cm³/mol. The highest BCUT2D eigenvalue weighted by molar-refractivity contribution is 7.98. The van der Waals surface area contributed by atoms with Crippen LogP contribution in [0.25, 0.3) is 0 Å². The second-order valence-electron chi connectivity index (χ2n) is 8.93. The van der Waals surface area contributed by atoms with Gasteiger partial charge in [-0.05, 0) is 73.6 Å². The highest BCUT2D eigenvalue weighted by atomic mass is 32.2. The van der Waals surface area contributed by atoms with Gasteiger partial charge in [-0.25, -0.2) is 0 Å². The molecular weight excluding hydrogens is 492 g/mol. The number of nitrogens with two attached hydrogens (primary N) is 1. The Bertz CT molecular complexity index is 1030. The van der Waals surface area contributed by atoms with Crippen molar-refractivity contribution in [2.24, 2.45) is 5.73 Å². The average Bonchev–Trinajstić information content (AvgIpc) is 2.90. The molecule has 0 aliphatic heterocycles. The second-order valence-corrected chi connectivity index (χ2v) is 9.92. The Morgan fingerprint density at radius 3 is 2.19 bits per heavy atom. The van der Waals surface area contributed by atoms with Crippen LogP contribution >= 0.6 is 11.8 Å². The van der Waals surface area contributed by atoms with Crippen molar-refractivity contribution in [2.45, 2.75) is 57.8 Å². The standard InChI is InChI=1S/C27H38N4O5S/c1-4-11-31(12-5-2)27(36)21-16-19(25(28)34)15-20(17-21)26(35)30-22(14-18-6-9-29-10-7-18)24(33)23(32)8-13-37-3/h6-7,9-10,15-17,22-24,32-33H,4-5,8,11-14H2,1-3H3,(H2,28,34)(H,30,35). The van der Waals surface area contributed by atoms with Crippen molar-refractivity contribution < 1.29 is 24.6 Å². The first-order valence-corrected chi connectivity index (χ1v) is 13.9. The van der Waals surface area contributed by atoms with E-state index in [1.165, 1.54) is 18.2 Å².